The van der Waals surface area contributed by atoms with Crippen LogP contribution in [-0.2, 0) is 11.2 Å². The van der Waals surface area contributed by atoms with Gasteiger partial charge in [0.15, 0.2) is 0 Å². The van der Waals surface area contributed by atoms with Gasteiger partial charge in [-0.1, -0.05) is 0 Å². The van der Waals surface area contributed by atoms with E-state index in [0.717, 1.165) is 41.5 Å². The van der Waals surface area contributed by atoms with E-state index in [9.17, 15) is 4.79 Å². The number of carbonyl (C=O) groups is 1. The van der Waals surface area contributed by atoms with Crippen LogP contribution < -0.4 is 14.4 Å². The molecule has 4 nitrogen and oxygen atoms in total. The maximum absolute atomic E-state index is 12.7. The van der Waals surface area contributed by atoms with Crippen molar-refractivity contribution in [2.75, 3.05) is 31.4 Å². The largest absolute Gasteiger partial charge is 0.497 e. The molecule has 3 rings (SSSR count). The molecule has 0 saturated heterocycles. The number of ether oxygens (including phenoxy) is 2. The summed E-state index contributed by atoms with van der Waals surface area (Å²) in [4.78, 5) is 15.6. The molecule has 126 valence electrons. The van der Waals surface area contributed by atoms with E-state index in [-0.39, 0.29) is 5.91 Å². The fourth-order valence-electron chi connectivity index (χ4n) is 2.85. The van der Waals surface area contributed by atoms with Gasteiger partial charge in [0.05, 0.1) is 20.0 Å². The van der Waals surface area contributed by atoms with Gasteiger partial charge in [-0.25, -0.2) is 0 Å². The van der Waals surface area contributed by atoms with Crippen LogP contribution in [0.3, 0.4) is 0 Å². The monoisotopic (exact) mass is 343 g/mol. The first-order valence-corrected chi connectivity index (χ1v) is 8.94. The van der Waals surface area contributed by atoms with Crippen LogP contribution >= 0.6 is 11.8 Å². The number of methoxy groups -OCH3 is 2. The maximum atomic E-state index is 12.7. The first-order valence-electron chi connectivity index (χ1n) is 7.95. The van der Waals surface area contributed by atoms with Gasteiger partial charge < -0.3 is 14.4 Å². The van der Waals surface area contributed by atoms with E-state index in [0.29, 0.717) is 5.75 Å². The van der Waals surface area contributed by atoms with Crippen molar-refractivity contribution in [3.8, 4) is 11.5 Å². The van der Waals surface area contributed by atoms with Crippen molar-refractivity contribution in [1.29, 1.82) is 0 Å². The number of benzene rings is 2. The van der Waals surface area contributed by atoms with E-state index in [1.165, 1.54) is 5.56 Å². The Bertz CT molecular complexity index is 715. The lowest BCUT2D eigenvalue weighted by Crippen LogP contribution is -2.36. The third-order valence-corrected chi connectivity index (χ3v) is 5.12. The Balaban J connectivity index is 1.67. The van der Waals surface area contributed by atoms with E-state index in [2.05, 4.69) is 0 Å². The van der Waals surface area contributed by atoms with E-state index >= 15 is 0 Å². The van der Waals surface area contributed by atoms with E-state index in [1.807, 2.05) is 47.4 Å². The lowest BCUT2D eigenvalue weighted by atomic mass is 10.0. The van der Waals surface area contributed by atoms with Crippen molar-refractivity contribution in [2.45, 2.75) is 17.7 Å². The lowest BCUT2D eigenvalue weighted by molar-refractivity contribution is -0.116. The second-order valence-electron chi connectivity index (χ2n) is 5.61. The summed E-state index contributed by atoms with van der Waals surface area (Å²) in [6.45, 7) is 0.779. The number of hydrogen-bond acceptors (Lipinski definition) is 4. The van der Waals surface area contributed by atoms with Gasteiger partial charge in [-0.15, -0.1) is 11.8 Å². The zero-order chi connectivity index (χ0) is 16.9. The molecule has 1 heterocycles. The van der Waals surface area contributed by atoms with Gasteiger partial charge in [0.25, 0.3) is 0 Å². The highest BCUT2D eigenvalue weighted by molar-refractivity contribution is 8.00. The van der Waals surface area contributed by atoms with Crippen LogP contribution in [0.2, 0.25) is 0 Å². The fourth-order valence-corrected chi connectivity index (χ4v) is 3.63. The van der Waals surface area contributed by atoms with Crippen molar-refractivity contribution in [3.05, 3.63) is 48.0 Å². The predicted octanol–water partition coefficient (Wildman–Crippen LogP) is 3.78. The van der Waals surface area contributed by atoms with Crippen LogP contribution in [0.15, 0.2) is 47.4 Å². The molecule has 0 atom stereocenters. The number of rotatable bonds is 5. The molecule has 24 heavy (non-hydrogen) atoms. The molecule has 0 spiro atoms. The van der Waals surface area contributed by atoms with Crippen LogP contribution in [0.5, 0.6) is 11.5 Å². The van der Waals surface area contributed by atoms with E-state index in [1.54, 1.807) is 26.0 Å². The second-order valence-corrected chi connectivity index (χ2v) is 6.66. The van der Waals surface area contributed by atoms with Crippen molar-refractivity contribution < 1.29 is 14.3 Å². The van der Waals surface area contributed by atoms with Gasteiger partial charge in [0.2, 0.25) is 5.91 Å². The number of nitrogens with zero attached hydrogens (tertiary/aromatic N) is 1. The third-order valence-electron chi connectivity index (χ3n) is 4.13. The minimum atomic E-state index is 0.141. The molecule has 2 aromatic carbocycles. The summed E-state index contributed by atoms with van der Waals surface area (Å²) in [6.07, 6.45) is 1.97. The SMILES string of the molecule is COc1ccc(SCC(=O)N2CCCc3cc(OC)ccc32)cc1. The number of carbonyl (C=O) groups excluding carboxylic acids is 1. The molecule has 0 unspecified atom stereocenters. The zero-order valence-electron chi connectivity index (χ0n) is 14.0. The van der Waals surface area contributed by atoms with Crippen LogP contribution in [0.4, 0.5) is 5.69 Å². The molecule has 1 aliphatic rings. The summed E-state index contributed by atoms with van der Waals surface area (Å²) in [5.74, 6) is 2.24. The Morgan fingerprint density at radius 1 is 1.08 bits per heavy atom. The second kappa shape index (κ2) is 7.62. The Hall–Kier alpha value is -2.14. The molecule has 0 radical (unpaired) electrons. The first-order chi connectivity index (χ1) is 11.7. The number of thioether (sulfide) groups is 1. The quantitative estimate of drug-likeness (QED) is 0.775. The van der Waals surface area contributed by atoms with Gasteiger partial charge in [0.1, 0.15) is 11.5 Å². The van der Waals surface area contributed by atoms with Gasteiger partial charge in [-0.3, -0.25) is 4.79 Å². The van der Waals surface area contributed by atoms with Crippen molar-refractivity contribution >= 4 is 23.4 Å². The minimum absolute atomic E-state index is 0.141. The Labute approximate surface area is 146 Å². The highest BCUT2D eigenvalue weighted by Gasteiger charge is 2.22. The fraction of sp³-hybridized carbons (Fsp3) is 0.316. The van der Waals surface area contributed by atoms with Gasteiger partial charge >= 0.3 is 0 Å². The van der Waals surface area contributed by atoms with Crippen molar-refractivity contribution in [1.82, 2.24) is 0 Å². The van der Waals surface area contributed by atoms with Gasteiger partial charge in [-0.2, -0.15) is 0 Å². The van der Waals surface area contributed by atoms with Crippen LogP contribution in [0.25, 0.3) is 0 Å². The van der Waals surface area contributed by atoms with Crippen LogP contribution in [0.1, 0.15) is 12.0 Å². The van der Waals surface area contributed by atoms with E-state index < -0.39 is 0 Å². The molecule has 0 aromatic heterocycles. The average molecular weight is 343 g/mol. The summed E-state index contributed by atoms with van der Waals surface area (Å²) in [7, 11) is 3.31. The molecule has 2 aromatic rings. The summed E-state index contributed by atoms with van der Waals surface area (Å²) in [5, 5.41) is 0. The summed E-state index contributed by atoms with van der Waals surface area (Å²) in [5.41, 5.74) is 2.20. The number of aryl methyl sites for hydroxylation is 1. The molecule has 0 N–H and O–H groups in total. The first kappa shape index (κ1) is 16.7. The molecule has 1 aliphatic heterocycles. The lowest BCUT2D eigenvalue weighted by Gasteiger charge is -2.29. The van der Waals surface area contributed by atoms with Gasteiger partial charge in [-0.05, 0) is 60.9 Å². The Morgan fingerprint density at radius 3 is 2.50 bits per heavy atom. The molecule has 0 bridgehead atoms. The average Bonchev–Trinajstić information content (AvgIpc) is 2.65. The highest BCUT2D eigenvalue weighted by Crippen LogP contribution is 2.31. The molecular weight excluding hydrogens is 322 g/mol. The van der Waals surface area contributed by atoms with E-state index in [4.69, 9.17) is 9.47 Å². The smallest absolute Gasteiger partial charge is 0.237 e. The maximum Gasteiger partial charge on any atom is 0.237 e. The molecule has 1 amide bonds. The molecule has 0 saturated carbocycles. The predicted molar refractivity (Wildman–Crippen MR) is 97.4 cm³/mol. The number of fused-ring (bicyclic) bond motifs is 1. The Morgan fingerprint density at radius 2 is 1.79 bits per heavy atom. The highest BCUT2D eigenvalue weighted by atomic mass is 32.2. The molecule has 0 fully saturated rings. The molecule has 0 aliphatic carbocycles. The molecular formula is C19H21NO3S. The topological polar surface area (TPSA) is 38.8 Å². The summed E-state index contributed by atoms with van der Waals surface area (Å²) < 4.78 is 10.4. The standard InChI is InChI=1S/C19H21NO3S/c1-22-15-5-8-17(9-6-15)24-13-19(21)20-11-3-4-14-12-16(23-2)7-10-18(14)20/h5-10,12H,3-4,11,13H2,1-2H3. The minimum Gasteiger partial charge on any atom is -0.497 e. The summed E-state index contributed by atoms with van der Waals surface area (Å²) in [6, 6.07) is 13.7. The number of anilines is 1. The summed E-state index contributed by atoms with van der Waals surface area (Å²) >= 11 is 1.55. The Kier molecular flexibility index (Phi) is 5.30. The number of hydrogen-bond donors (Lipinski definition) is 0. The van der Waals surface area contributed by atoms with Gasteiger partial charge in [0, 0.05) is 17.1 Å². The normalized spacial score (nSPS) is 13.3. The van der Waals surface area contributed by atoms with Crippen molar-refractivity contribution in [2.24, 2.45) is 0 Å². The number of amides is 1. The third kappa shape index (κ3) is 3.67. The molecule has 5 heteroatoms. The van der Waals surface area contributed by atoms with Crippen molar-refractivity contribution in [3.63, 3.8) is 0 Å². The zero-order valence-corrected chi connectivity index (χ0v) is 14.8. The van der Waals surface area contributed by atoms with Crippen LogP contribution in [-0.4, -0.2) is 32.4 Å². The van der Waals surface area contributed by atoms with Crippen LogP contribution in [0, 0.1) is 0 Å².